The number of hydrazone groups is 1. The molecule has 1 N–H and O–H groups in total. The molecular weight excluding hydrogens is 528 g/mol. The van der Waals surface area contributed by atoms with Gasteiger partial charge in [-0.15, -0.1) is 0 Å². The molecule has 5 rings (SSSR count). The van der Waals surface area contributed by atoms with E-state index in [4.69, 9.17) is 16.3 Å². The summed E-state index contributed by atoms with van der Waals surface area (Å²) in [5, 5.41) is 15.9. The number of nitrogens with one attached hydrogen (secondary N) is 1. The molecule has 5 aromatic rings. The Morgan fingerprint density at radius 3 is 2.17 bits per heavy atom. The van der Waals surface area contributed by atoms with Crippen molar-refractivity contribution in [2.45, 2.75) is 0 Å². The van der Waals surface area contributed by atoms with Crippen molar-refractivity contribution >= 4 is 29.4 Å². The number of para-hydroxylation sites is 1. The van der Waals surface area contributed by atoms with Gasteiger partial charge in [-0.3, -0.25) is 14.9 Å². The van der Waals surface area contributed by atoms with Gasteiger partial charge in [0.2, 0.25) is 0 Å². The largest absolute Gasteiger partial charge is 0.482 e. The lowest BCUT2D eigenvalue weighted by molar-refractivity contribution is -0.384. The number of nitrogens with zero attached hydrogens (tertiary/aromatic N) is 3. The quantitative estimate of drug-likeness (QED) is 0.122. The van der Waals surface area contributed by atoms with Crippen LogP contribution in [0.3, 0.4) is 0 Å². The Kier molecular flexibility index (Phi) is 7.99. The maximum Gasteiger partial charge on any atom is 0.277 e. The minimum absolute atomic E-state index is 0.00179. The summed E-state index contributed by atoms with van der Waals surface area (Å²) < 4.78 is 7.52. The predicted molar refractivity (Wildman–Crippen MR) is 156 cm³/mol. The van der Waals surface area contributed by atoms with Crippen LogP contribution in [0, 0.1) is 10.1 Å². The summed E-state index contributed by atoms with van der Waals surface area (Å²) in [6.07, 6.45) is 1.57. The van der Waals surface area contributed by atoms with Gasteiger partial charge in [0.1, 0.15) is 5.75 Å². The molecule has 1 aromatic heterocycles. The fourth-order valence-electron chi connectivity index (χ4n) is 4.24. The lowest BCUT2D eigenvalue weighted by Crippen LogP contribution is -2.24. The van der Waals surface area contributed by atoms with Crippen LogP contribution >= 0.6 is 11.6 Å². The Bertz CT molecular complexity index is 1670. The number of non-ortho nitro benzene ring substituents is 1. The van der Waals surface area contributed by atoms with E-state index in [0.29, 0.717) is 10.8 Å². The fourth-order valence-corrected chi connectivity index (χ4v) is 4.43. The maximum absolute atomic E-state index is 12.4. The molecule has 40 heavy (non-hydrogen) atoms. The fraction of sp³-hybridized carbons (Fsp3) is 0.0323. The van der Waals surface area contributed by atoms with Crippen LogP contribution in [0.2, 0.25) is 5.02 Å². The van der Waals surface area contributed by atoms with Gasteiger partial charge >= 0.3 is 0 Å². The molecule has 0 aliphatic heterocycles. The zero-order valence-electron chi connectivity index (χ0n) is 21.1. The minimum Gasteiger partial charge on any atom is -0.482 e. The summed E-state index contributed by atoms with van der Waals surface area (Å²) in [7, 11) is 0. The minimum atomic E-state index is -0.449. The number of carbonyl (C=O) groups excluding carboxylic acids is 1. The van der Waals surface area contributed by atoms with Crippen molar-refractivity contribution in [2.75, 3.05) is 6.61 Å². The van der Waals surface area contributed by atoms with Crippen LogP contribution in [0.4, 0.5) is 5.69 Å². The van der Waals surface area contributed by atoms with Gasteiger partial charge in [0.25, 0.3) is 11.6 Å². The van der Waals surface area contributed by atoms with E-state index in [9.17, 15) is 14.9 Å². The summed E-state index contributed by atoms with van der Waals surface area (Å²) in [5.41, 5.74) is 7.47. The molecule has 0 atom stereocenters. The Balaban J connectivity index is 1.52. The third-order valence-corrected chi connectivity index (χ3v) is 6.37. The van der Waals surface area contributed by atoms with Gasteiger partial charge in [-0.25, -0.2) is 5.43 Å². The summed E-state index contributed by atoms with van der Waals surface area (Å²) in [4.78, 5) is 23.3. The third-order valence-electron chi connectivity index (χ3n) is 6.05. The first-order valence-corrected chi connectivity index (χ1v) is 12.7. The first-order valence-electron chi connectivity index (χ1n) is 12.3. The highest BCUT2D eigenvalue weighted by Crippen LogP contribution is 2.35. The molecule has 1 heterocycles. The Morgan fingerprint density at radius 2 is 1.52 bits per heavy atom. The van der Waals surface area contributed by atoms with Crippen LogP contribution in [0.25, 0.3) is 28.2 Å². The Morgan fingerprint density at radius 1 is 0.900 bits per heavy atom. The van der Waals surface area contributed by atoms with E-state index < -0.39 is 10.8 Å². The van der Waals surface area contributed by atoms with Crippen LogP contribution in [0.1, 0.15) is 5.56 Å². The molecule has 0 saturated heterocycles. The average Bonchev–Trinajstić information content (AvgIpc) is 3.37. The normalized spacial score (nSPS) is 10.9. The predicted octanol–water partition coefficient (Wildman–Crippen LogP) is 6.90. The monoisotopic (exact) mass is 550 g/mol. The zero-order valence-corrected chi connectivity index (χ0v) is 21.9. The van der Waals surface area contributed by atoms with Gasteiger partial charge in [0.05, 0.1) is 27.5 Å². The second-order valence-corrected chi connectivity index (χ2v) is 9.09. The van der Waals surface area contributed by atoms with Gasteiger partial charge in [-0.1, -0.05) is 84.4 Å². The molecule has 4 aromatic carbocycles. The van der Waals surface area contributed by atoms with E-state index in [1.54, 1.807) is 42.6 Å². The van der Waals surface area contributed by atoms with E-state index in [0.717, 1.165) is 33.8 Å². The van der Waals surface area contributed by atoms with Crippen LogP contribution in [0.15, 0.2) is 120 Å². The van der Waals surface area contributed by atoms with Crippen LogP contribution in [0.5, 0.6) is 5.75 Å². The number of benzene rings is 4. The first-order chi connectivity index (χ1) is 19.5. The number of nitro groups is 1. The molecule has 198 valence electrons. The molecular formula is C31H23ClN4O4. The lowest BCUT2D eigenvalue weighted by Gasteiger charge is -2.15. The number of halogens is 1. The number of amides is 1. The van der Waals surface area contributed by atoms with Crippen molar-refractivity contribution in [2.24, 2.45) is 5.10 Å². The molecule has 8 nitrogen and oxygen atoms in total. The van der Waals surface area contributed by atoms with Gasteiger partial charge in [-0.05, 0) is 41.5 Å². The van der Waals surface area contributed by atoms with E-state index in [-0.39, 0.29) is 12.3 Å². The van der Waals surface area contributed by atoms with E-state index in [2.05, 4.69) is 10.5 Å². The highest BCUT2D eigenvalue weighted by Gasteiger charge is 2.19. The number of ether oxygens (including phenoxy) is 1. The summed E-state index contributed by atoms with van der Waals surface area (Å²) in [5.74, 6) is -0.0437. The van der Waals surface area contributed by atoms with Gasteiger partial charge in [0, 0.05) is 23.4 Å². The Hall–Kier alpha value is -5.21. The van der Waals surface area contributed by atoms with Gasteiger partial charge in [0.15, 0.2) is 6.61 Å². The molecule has 0 bridgehead atoms. The number of hydrogen-bond acceptors (Lipinski definition) is 5. The lowest BCUT2D eigenvalue weighted by atomic mass is 10.1. The van der Waals surface area contributed by atoms with E-state index >= 15 is 0 Å². The summed E-state index contributed by atoms with van der Waals surface area (Å²) in [6, 6.07) is 34.8. The van der Waals surface area contributed by atoms with Crippen molar-refractivity contribution in [1.29, 1.82) is 0 Å². The number of carbonyl (C=O) groups is 1. The maximum atomic E-state index is 12.4. The van der Waals surface area contributed by atoms with Gasteiger partial charge in [-0.2, -0.15) is 5.10 Å². The number of nitro benzene ring substituents is 1. The smallest absolute Gasteiger partial charge is 0.277 e. The molecule has 0 aliphatic rings. The first kappa shape index (κ1) is 26.4. The Labute approximate surface area is 235 Å². The van der Waals surface area contributed by atoms with Crippen molar-refractivity contribution < 1.29 is 14.5 Å². The number of hydrogen-bond donors (Lipinski definition) is 1. The summed E-state index contributed by atoms with van der Waals surface area (Å²) in [6.45, 7) is -0.258. The SMILES string of the molecule is O=C(COc1ccccc1Cl)N/N=C/c1cc(-c2ccccc2)n(-c2ccc([N+](=O)[O-])cc2)c1-c1ccccc1. The van der Waals surface area contributed by atoms with Crippen molar-refractivity contribution in [3.8, 4) is 34.0 Å². The number of rotatable bonds is 9. The van der Waals surface area contributed by atoms with Crippen LogP contribution < -0.4 is 10.2 Å². The topological polar surface area (TPSA) is 98.8 Å². The molecule has 9 heteroatoms. The molecule has 0 radical (unpaired) electrons. The average molecular weight is 551 g/mol. The second kappa shape index (κ2) is 12.1. The van der Waals surface area contributed by atoms with E-state index in [1.165, 1.54) is 12.1 Å². The summed E-state index contributed by atoms with van der Waals surface area (Å²) >= 11 is 6.09. The highest BCUT2D eigenvalue weighted by atomic mass is 35.5. The third kappa shape index (κ3) is 5.92. The molecule has 1 amide bonds. The molecule has 0 spiro atoms. The van der Waals surface area contributed by atoms with Crippen LogP contribution in [-0.2, 0) is 4.79 Å². The molecule has 0 unspecified atom stereocenters. The molecule has 0 aliphatic carbocycles. The standard InChI is InChI=1S/C31H23ClN4O4/c32-27-13-7-8-14-29(27)40-21-30(37)34-33-20-24-19-28(22-9-3-1-4-10-22)35(31(24)23-11-5-2-6-12-23)25-15-17-26(18-16-25)36(38)39/h1-20H,21H2,(H,34,37)/b33-20+. The number of aromatic nitrogens is 1. The molecule has 0 saturated carbocycles. The van der Waals surface area contributed by atoms with Gasteiger partial charge < -0.3 is 9.30 Å². The van der Waals surface area contributed by atoms with E-state index in [1.807, 2.05) is 71.3 Å². The highest BCUT2D eigenvalue weighted by molar-refractivity contribution is 6.32. The zero-order chi connectivity index (χ0) is 27.9. The van der Waals surface area contributed by atoms with Crippen LogP contribution in [-0.4, -0.2) is 28.2 Å². The molecule has 0 fully saturated rings. The van der Waals surface area contributed by atoms with Crippen molar-refractivity contribution in [3.05, 3.63) is 136 Å². The van der Waals surface area contributed by atoms with Crippen molar-refractivity contribution in [3.63, 3.8) is 0 Å². The van der Waals surface area contributed by atoms with Crippen molar-refractivity contribution in [1.82, 2.24) is 9.99 Å². The second-order valence-electron chi connectivity index (χ2n) is 8.69.